The summed E-state index contributed by atoms with van der Waals surface area (Å²) in [5.74, 6) is 0.884. The fourth-order valence-electron chi connectivity index (χ4n) is 1.98. The molecule has 0 aromatic carbocycles. The minimum atomic E-state index is -0.532. The Morgan fingerprint density at radius 3 is 2.57 bits per heavy atom. The molecule has 0 radical (unpaired) electrons. The Morgan fingerprint density at radius 1 is 1.35 bits per heavy atom. The van der Waals surface area contributed by atoms with Gasteiger partial charge in [0.25, 0.3) is 11.9 Å². The first kappa shape index (κ1) is 17.1. The van der Waals surface area contributed by atoms with Crippen molar-refractivity contribution in [1.29, 1.82) is 0 Å². The SMILES string of the molecule is COC(=O)[C@H](CCSC)Nc1nnc(-n2nc(C)cc2C)nn1. The molecule has 0 aliphatic rings. The first-order valence-corrected chi connectivity index (χ1v) is 8.39. The normalized spacial score (nSPS) is 12.0. The highest BCUT2D eigenvalue weighted by Gasteiger charge is 2.20. The minimum Gasteiger partial charge on any atom is -0.467 e. The van der Waals surface area contributed by atoms with Crippen LogP contribution in [-0.4, -0.2) is 61.3 Å². The zero-order valence-electron chi connectivity index (χ0n) is 13.5. The second-order valence-electron chi connectivity index (χ2n) is 4.86. The van der Waals surface area contributed by atoms with Gasteiger partial charge in [-0.1, -0.05) is 0 Å². The predicted molar refractivity (Wildman–Crippen MR) is 86.6 cm³/mol. The molecule has 0 fully saturated rings. The molecule has 10 heteroatoms. The third-order valence-electron chi connectivity index (χ3n) is 3.07. The number of nitrogens with one attached hydrogen (secondary N) is 1. The summed E-state index contributed by atoms with van der Waals surface area (Å²) in [7, 11) is 1.35. The zero-order valence-corrected chi connectivity index (χ0v) is 14.3. The van der Waals surface area contributed by atoms with Crippen LogP contribution in [0.2, 0.25) is 0 Å². The summed E-state index contributed by atoms with van der Waals surface area (Å²) in [6.07, 6.45) is 2.56. The Labute approximate surface area is 138 Å². The van der Waals surface area contributed by atoms with Crippen LogP contribution < -0.4 is 5.32 Å². The highest BCUT2D eigenvalue weighted by atomic mass is 32.2. The van der Waals surface area contributed by atoms with Crippen LogP contribution in [0, 0.1) is 13.8 Å². The number of carbonyl (C=O) groups is 1. The van der Waals surface area contributed by atoms with Crippen LogP contribution >= 0.6 is 11.8 Å². The smallest absolute Gasteiger partial charge is 0.328 e. The first-order valence-electron chi connectivity index (χ1n) is 6.99. The number of hydrogen-bond acceptors (Lipinski definition) is 9. The maximum Gasteiger partial charge on any atom is 0.328 e. The number of aromatic nitrogens is 6. The van der Waals surface area contributed by atoms with Crippen LogP contribution in [0.4, 0.5) is 5.95 Å². The van der Waals surface area contributed by atoms with Crippen molar-refractivity contribution in [3.63, 3.8) is 0 Å². The van der Waals surface area contributed by atoms with E-state index >= 15 is 0 Å². The van der Waals surface area contributed by atoms with Gasteiger partial charge in [0.05, 0.1) is 12.8 Å². The van der Waals surface area contributed by atoms with Crippen LogP contribution in [0.3, 0.4) is 0 Å². The molecule has 124 valence electrons. The van der Waals surface area contributed by atoms with E-state index in [1.54, 1.807) is 16.4 Å². The summed E-state index contributed by atoms with van der Waals surface area (Å²) < 4.78 is 6.33. The van der Waals surface area contributed by atoms with E-state index in [4.69, 9.17) is 4.74 Å². The lowest BCUT2D eigenvalue weighted by atomic mass is 10.2. The number of rotatable bonds is 7. The van der Waals surface area contributed by atoms with Gasteiger partial charge in [-0.15, -0.1) is 20.4 Å². The lowest BCUT2D eigenvalue weighted by molar-refractivity contribution is -0.141. The van der Waals surface area contributed by atoms with Crippen LogP contribution in [0.15, 0.2) is 6.07 Å². The van der Waals surface area contributed by atoms with E-state index in [2.05, 4.69) is 30.8 Å². The van der Waals surface area contributed by atoms with Crippen molar-refractivity contribution >= 4 is 23.7 Å². The fraction of sp³-hybridized carbons (Fsp3) is 0.538. The van der Waals surface area contributed by atoms with Crippen LogP contribution in [0.1, 0.15) is 17.8 Å². The maximum absolute atomic E-state index is 11.8. The van der Waals surface area contributed by atoms with Crippen molar-refractivity contribution in [2.75, 3.05) is 24.4 Å². The van der Waals surface area contributed by atoms with Crippen molar-refractivity contribution in [3.8, 4) is 5.95 Å². The van der Waals surface area contributed by atoms with Gasteiger partial charge in [0.2, 0.25) is 0 Å². The molecule has 0 saturated heterocycles. The van der Waals surface area contributed by atoms with Gasteiger partial charge in [0.1, 0.15) is 6.04 Å². The molecule has 9 nitrogen and oxygen atoms in total. The minimum absolute atomic E-state index is 0.173. The molecule has 2 heterocycles. The van der Waals surface area contributed by atoms with Gasteiger partial charge < -0.3 is 10.1 Å². The number of esters is 1. The number of hydrogen-bond donors (Lipinski definition) is 1. The van der Waals surface area contributed by atoms with E-state index in [0.717, 1.165) is 17.1 Å². The molecule has 23 heavy (non-hydrogen) atoms. The maximum atomic E-state index is 11.8. The van der Waals surface area contributed by atoms with Gasteiger partial charge in [0, 0.05) is 5.69 Å². The number of nitrogens with zero attached hydrogens (tertiary/aromatic N) is 6. The van der Waals surface area contributed by atoms with Crippen LogP contribution in [0.25, 0.3) is 5.95 Å². The summed E-state index contributed by atoms with van der Waals surface area (Å²) in [6, 6.07) is 1.38. The largest absolute Gasteiger partial charge is 0.467 e. The number of methoxy groups -OCH3 is 1. The van der Waals surface area contributed by atoms with E-state index in [9.17, 15) is 4.79 Å². The van der Waals surface area contributed by atoms with E-state index in [0.29, 0.717) is 6.42 Å². The molecule has 2 aromatic rings. The van der Waals surface area contributed by atoms with Crippen LogP contribution in [0.5, 0.6) is 0 Å². The Bertz CT molecular complexity index is 659. The quantitative estimate of drug-likeness (QED) is 0.733. The Morgan fingerprint density at radius 2 is 2.04 bits per heavy atom. The molecule has 0 bridgehead atoms. The standard InChI is InChI=1S/C13H19N7O2S/c1-8-7-9(2)20(19-8)13-17-15-12(16-18-13)14-10(5-6-23-4)11(21)22-3/h7,10H,5-6H2,1-4H3,(H,14,15,16)/t10-/m0/s1. The molecule has 0 saturated carbocycles. The average molecular weight is 337 g/mol. The lowest BCUT2D eigenvalue weighted by Gasteiger charge is -2.15. The highest BCUT2D eigenvalue weighted by molar-refractivity contribution is 7.98. The van der Waals surface area contributed by atoms with Crippen molar-refractivity contribution < 1.29 is 9.53 Å². The van der Waals surface area contributed by atoms with Crippen molar-refractivity contribution in [2.24, 2.45) is 0 Å². The monoisotopic (exact) mass is 337 g/mol. The molecule has 2 aromatic heterocycles. The highest BCUT2D eigenvalue weighted by Crippen LogP contribution is 2.09. The van der Waals surface area contributed by atoms with E-state index in [1.807, 2.05) is 26.2 Å². The van der Waals surface area contributed by atoms with Gasteiger partial charge >= 0.3 is 5.97 Å². The van der Waals surface area contributed by atoms with Crippen molar-refractivity contribution in [1.82, 2.24) is 30.2 Å². The van der Waals surface area contributed by atoms with Gasteiger partial charge in [-0.05, 0) is 38.3 Å². The zero-order chi connectivity index (χ0) is 16.8. The van der Waals surface area contributed by atoms with Gasteiger partial charge in [-0.2, -0.15) is 16.9 Å². The van der Waals surface area contributed by atoms with E-state index in [-0.39, 0.29) is 17.9 Å². The summed E-state index contributed by atoms with van der Waals surface area (Å²) in [6.45, 7) is 3.78. The third-order valence-corrected chi connectivity index (χ3v) is 3.71. The summed E-state index contributed by atoms with van der Waals surface area (Å²) in [4.78, 5) is 11.8. The lowest BCUT2D eigenvalue weighted by Crippen LogP contribution is -2.32. The Kier molecular flexibility index (Phi) is 5.85. The summed E-state index contributed by atoms with van der Waals surface area (Å²) in [5.41, 5.74) is 1.75. The molecule has 2 rings (SSSR count). The second-order valence-corrected chi connectivity index (χ2v) is 5.85. The van der Waals surface area contributed by atoms with E-state index < -0.39 is 6.04 Å². The molecule has 0 spiro atoms. The van der Waals surface area contributed by atoms with Crippen molar-refractivity contribution in [3.05, 3.63) is 17.5 Å². The molecule has 0 aliphatic heterocycles. The van der Waals surface area contributed by atoms with Gasteiger partial charge in [-0.25, -0.2) is 9.48 Å². The van der Waals surface area contributed by atoms with Gasteiger partial charge in [0.15, 0.2) is 0 Å². The topological polar surface area (TPSA) is 108 Å². The summed E-state index contributed by atoms with van der Waals surface area (Å²) >= 11 is 1.64. The predicted octanol–water partition coefficient (Wildman–Crippen LogP) is 0.776. The number of aryl methyl sites for hydroxylation is 2. The third kappa shape index (κ3) is 4.38. The first-order chi connectivity index (χ1) is 11.0. The Balaban J connectivity index is 2.11. The molecule has 0 aliphatic carbocycles. The fourth-order valence-corrected chi connectivity index (χ4v) is 2.45. The summed E-state index contributed by atoms with van der Waals surface area (Å²) in [5, 5.41) is 23.1. The number of anilines is 1. The van der Waals surface area contributed by atoms with E-state index in [1.165, 1.54) is 7.11 Å². The molecular weight excluding hydrogens is 318 g/mol. The van der Waals surface area contributed by atoms with Gasteiger partial charge in [-0.3, -0.25) is 0 Å². The Hall–Kier alpha value is -2.23. The number of thioether (sulfide) groups is 1. The number of carbonyl (C=O) groups excluding carboxylic acids is 1. The molecule has 0 unspecified atom stereocenters. The molecular formula is C13H19N7O2S. The van der Waals surface area contributed by atoms with Crippen molar-refractivity contribution in [2.45, 2.75) is 26.3 Å². The average Bonchev–Trinajstić information content (AvgIpc) is 2.89. The van der Waals surface area contributed by atoms with Crippen LogP contribution in [-0.2, 0) is 9.53 Å². The second kappa shape index (κ2) is 7.86. The number of ether oxygens (including phenoxy) is 1. The molecule has 1 N–H and O–H groups in total. The molecule has 0 amide bonds. The molecule has 1 atom stereocenters.